The van der Waals surface area contributed by atoms with Gasteiger partial charge in [0, 0.05) is 17.2 Å². The van der Waals surface area contributed by atoms with Crippen molar-refractivity contribution in [2.75, 3.05) is 19.3 Å². The zero-order valence-corrected chi connectivity index (χ0v) is 12.9. The molecule has 3 N–H and O–H groups in total. The van der Waals surface area contributed by atoms with Crippen molar-refractivity contribution in [2.45, 2.75) is 56.1 Å². The highest BCUT2D eigenvalue weighted by atomic mass is 32.2. The predicted octanol–water partition coefficient (Wildman–Crippen LogP) is 2.54. The van der Waals surface area contributed by atoms with E-state index in [0.717, 1.165) is 19.4 Å². The van der Waals surface area contributed by atoms with E-state index in [2.05, 4.69) is 11.6 Å². The van der Waals surface area contributed by atoms with Crippen molar-refractivity contribution in [2.24, 2.45) is 17.6 Å². The monoisotopic (exact) mass is 284 g/mol. The molecular weight excluding hydrogens is 256 g/mol. The molecule has 0 aliphatic heterocycles. The number of thioether (sulfide) groups is 1. The number of nitrogens with one attached hydrogen (secondary N) is 1. The van der Waals surface area contributed by atoms with Crippen LogP contribution in [0.4, 0.5) is 0 Å². The Morgan fingerprint density at radius 2 is 1.95 bits per heavy atom. The van der Waals surface area contributed by atoms with Crippen LogP contribution in [-0.2, 0) is 4.79 Å². The first kappa shape index (κ1) is 15.2. The van der Waals surface area contributed by atoms with Crippen LogP contribution in [0.15, 0.2) is 0 Å². The van der Waals surface area contributed by atoms with Crippen LogP contribution in [0.2, 0.25) is 0 Å². The molecule has 0 aromatic carbocycles. The third kappa shape index (κ3) is 3.66. The summed E-state index contributed by atoms with van der Waals surface area (Å²) in [6, 6.07) is 0. The molecule has 2 unspecified atom stereocenters. The van der Waals surface area contributed by atoms with Gasteiger partial charge < -0.3 is 11.1 Å². The van der Waals surface area contributed by atoms with Crippen molar-refractivity contribution in [1.82, 2.24) is 5.32 Å². The SMILES string of the molecule is CSC1(CNC(=O)C2CCCCC2CN)CCCC1. The third-order valence-corrected chi connectivity index (χ3v) is 6.50. The van der Waals surface area contributed by atoms with Crippen LogP contribution in [0, 0.1) is 11.8 Å². The molecule has 0 bridgehead atoms. The van der Waals surface area contributed by atoms with Crippen LogP contribution in [-0.4, -0.2) is 30.0 Å². The molecule has 2 aliphatic carbocycles. The summed E-state index contributed by atoms with van der Waals surface area (Å²) in [6.45, 7) is 1.51. The van der Waals surface area contributed by atoms with Gasteiger partial charge in [0.05, 0.1) is 0 Å². The fraction of sp³-hybridized carbons (Fsp3) is 0.933. The lowest BCUT2D eigenvalue weighted by Gasteiger charge is -2.32. The molecule has 2 atom stereocenters. The van der Waals surface area contributed by atoms with Gasteiger partial charge in [0.1, 0.15) is 0 Å². The maximum absolute atomic E-state index is 12.4. The van der Waals surface area contributed by atoms with E-state index < -0.39 is 0 Å². The lowest BCUT2D eigenvalue weighted by atomic mass is 9.78. The summed E-state index contributed by atoms with van der Waals surface area (Å²) in [6.07, 6.45) is 11.9. The van der Waals surface area contributed by atoms with E-state index in [-0.39, 0.29) is 11.8 Å². The number of hydrogen-bond donors (Lipinski definition) is 2. The molecule has 3 nitrogen and oxygen atoms in total. The fourth-order valence-corrected chi connectivity index (χ4v) is 4.60. The molecule has 19 heavy (non-hydrogen) atoms. The average Bonchev–Trinajstić information content (AvgIpc) is 2.94. The standard InChI is InChI=1S/C15H28N2OS/c1-19-15(8-4-5-9-15)11-17-14(18)13-7-3-2-6-12(13)10-16/h12-13H,2-11,16H2,1H3,(H,17,18). The first-order chi connectivity index (χ1) is 9.21. The maximum atomic E-state index is 12.4. The molecule has 110 valence electrons. The number of nitrogens with two attached hydrogens (primary N) is 1. The summed E-state index contributed by atoms with van der Waals surface area (Å²) >= 11 is 1.94. The van der Waals surface area contributed by atoms with Crippen molar-refractivity contribution in [3.63, 3.8) is 0 Å². The molecule has 2 fully saturated rings. The molecule has 0 aromatic heterocycles. The second-order valence-electron chi connectivity index (χ2n) is 6.20. The van der Waals surface area contributed by atoms with Gasteiger partial charge in [-0.1, -0.05) is 25.7 Å². The van der Waals surface area contributed by atoms with Gasteiger partial charge in [-0.2, -0.15) is 11.8 Å². The highest BCUT2D eigenvalue weighted by Crippen LogP contribution is 2.39. The van der Waals surface area contributed by atoms with Gasteiger partial charge in [-0.15, -0.1) is 0 Å². The minimum Gasteiger partial charge on any atom is -0.354 e. The summed E-state index contributed by atoms with van der Waals surface area (Å²) in [7, 11) is 0. The first-order valence-corrected chi connectivity index (χ1v) is 8.96. The molecule has 2 saturated carbocycles. The number of amides is 1. The van der Waals surface area contributed by atoms with Crippen LogP contribution in [0.1, 0.15) is 51.4 Å². The minimum absolute atomic E-state index is 0.166. The number of carbonyl (C=O) groups excluding carboxylic acids is 1. The van der Waals surface area contributed by atoms with E-state index in [9.17, 15) is 4.79 Å². The van der Waals surface area contributed by atoms with E-state index in [1.54, 1.807) is 0 Å². The Balaban J connectivity index is 1.86. The van der Waals surface area contributed by atoms with Crippen LogP contribution in [0.5, 0.6) is 0 Å². The minimum atomic E-state index is 0.166. The predicted molar refractivity (Wildman–Crippen MR) is 82.2 cm³/mol. The largest absolute Gasteiger partial charge is 0.354 e. The molecule has 0 saturated heterocycles. The lowest BCUT2D eigenvalue weighted by Crippen LogP contribution is -2.44. The summed E-state index contributed by atoms with van der Waals surface area (Å²) in [5.74, 6) is 0.831. The van der Waals surface area contributed by atoms with Crippen LogP contribution in [0.25, 0.3) is 0 Å². The van der Waals surface area contributed by atoms with Crippen molar-refractivity contribution in [3.8, 4) is 0 Å². The van der Waals surface area contributed by atoms with E-state index >= 15 is 0 Å². The Bertz CT molecular complexity index is 303. The van der Waals surface area contributed by atoms with Gasteiger partial charge in [0.15, 0.2) is 0 Å². The smallest absolute Gasteiger partial charge is 0.223 e. The van der Waals surface area contributed by atoms with Crippen molar-refractivity contribution >= 4 is 17.7 Å². The van der Waals surface area contributed by atoms with Crippen LogP contribution < -0.4 is 11.1 Å². The van der Waals surface area contributed by atoms with Gasteiger partial charge in [0.25, 0.3) is 0 Å². The maximum Gasteiger partial charge on any atom is 0.223 e. The fourth-order valence-electron chi connectivity index (χ4n) is 3.69. The Morgan fingerprint density at radius 3 is 2.58 bits per heavy atom. The second kappa shape index (κ2) is 6.98. The first-order valence-electron chi connectivity index (χ1n) is 7.74. The Morgan fingerprint density at radius 1 is 1.26 bits per heavy atom. The molecule has 4 heteroatoms. The zero-order chi connectivity index (χ0) is 13.7. The lowest BCUT2D eigenvalue weighted by molar-refractivity contribution is -0.127. The highest BCUT2D eigenvalue weighted by Gasteiger charge is 2.35. The summed E-state index contributed by atoms with van der Waals surface area (Å²) in [5, 5.41) is 3.24. The average molecular weight is 284 g/mol. The topological polar surface area (TPSA) is 55.1 Å². The molecule has 0 spiro atoms. The quantitative estimate of drug-likeness (QED) is 0.816. The van der Waals surface area contributed by atoms with Crippen molar-refractivity contribution in [1.29, 1.82) is 0 Å². The van der Waals surface area contributed by atoms with Crippen molar-refractivity contribution < 1.29 is 4.79 Å². The zero-order valence-electron chi connectivity index (χ0n) is 12.1. The van der Waals surface area contributed by atoms with E-state index in [1.165, 1.54) is 38.5 Å². The van der Waals surface area contributed by atoms with Gasteiger partial charge >= 0.3 is 0 Å². The normalized spacial score (nSPS) is 30.2. The number of carbonyl (C=O) groups is 1. The van der Waals surface area contributed by atoms with E-state index in [4.69, 9.17) is 5.73 Å². The molecule has 2 rings (SSSR count). The Labute approximate surface area is 121 Å². The molecule has 0 aromatic rings. The van der Waals surface area contributed by atoms with Crippen LogP contribution >= 0.6 is 11.8 Å². The summed E-state index contributed by atoms with van der Waals surface area (Å²) in [4.78, 5) is 12.4. The van der Waals surface area contributed by atoms with E-state index in [0.29, 0.717) is 17.2 Å². The number of rotatable bonds is 5. The molecule has 0 heterocycles. The van der Waals surface area contributed by atoms with Gasteiger partial charge in [0.2, 0.25) is 5.91 Å². The Hall–Kier alpha value is -0.220. The Kier molecular flexibility index (Phi) is 5.58. The number of hydrogen-bond acceptors (Lipinski definition) is 3. The van der Waals surface area contributed by atoms with Gasteiger partial charge in [-0.3, -0.25) is 4.79 Å². The van der Waals surface area contributed by atoms with Crippen LogP contribution in [0.3, 0.4) is 0 Å². The molecule has 0 radical (unpaired) electrons. The van der Waals surface area contributed by atoms with Gasteiger partial charge in [-0.25, -0.2) is 0 Å². The summed E-state index contributed by atoms with van der Waals surface area (Å²) < 4.78 is 0.308. The highest BCUT2D eigenvalue weighted by molar-refractivity contribution is 8.00. The van der Waals surface area contributed by atoms with E-state index in [1.807, 2.05) is 11.8 Å². The molecule has 2 aliphatic rings. The molecule has 1 amide bonds. The summed E-state index contributed by atoms with van der Waals surface area (Å²) in [5.41, 5.74) is 5.82. The second-order valence-corrected chi connectivity index (χ2v) is 7.47. The molecular formula is C15H28N2OS. The van der Waals surface area contributed by atoms with Gasteiger partial charge in [-0.05, 0) is 44.4 Å². The third-order valence-electron chi connectivity index (χ3n) is 5.08. The van der Waals surface area contributed by atoms with Crippen molar-refractivity contribution in [3.05, 3.63) is 0 Å².